The van der Waals surface area contributed by atoms with Crippen LogP contribution >= 0.6 is 11.6 Å². The second-order valence-corrected chi connectivity index (χ2v) is 11.3. The molecule has 0 aromatic heterocycles. The maximum absolute atomic E-state index is 13.0. The molecule has 176 valence electrons. The van der Waals surface area contributed by atoms with Crippen LogP contribution in [-0.4, -0.2) is 52.4 Å². The SMILES string of the molecule is CC[C@H](C(=O)Nc1ccc(S(=O)(=O)N(CC)CC)cc1)N(c1ccc(Cl)cc1)S(C)(=O)=O. The summed E-state index contributed by atoms with van der Waals surface area (Å²) in [5.74, 6) is -0.535. The normalized spacial score (nSPS) is 13.1. The molecule has 2 aromatic carbocycles. The molecule has 0 aliphatic carbocycles. The lowest BCUT2D eigenvalue weighted by atomic mass is 10.2. The molecule has 2 rings (SSSR count). The second-order valence-electron chi connectivity index (χ2n) is 7.06. The quantitative estimate of drug-likeness (QED) is 0.536. The monoisotopic (exact) mass is 501 g/mol. The number of hydrogen-bond acceptors (Lipinski definition) is 5. The topological polar surface area (TPSA) is 104 Å². The predicted octanol–water partition coefficient (Wildman–Crippen LogP) is 3.55. The molecule has 0 unspecified atom stereocenters. The number of hydrogen-bond donors (Lipinski definition) is 1. The standard InChI is InChI=1S/C21H28ClN3O5S2/c1-5-20(25(31(4,27)28)18-12-8-16(22)9-13-18)21(26)23-17-10-14-19(15-11-17)32(29,30)24(6-2)7-3/h8-15,20H,5-7H2,1-4H3,(H,23,26)/t20-/m1/s1. The highest BCUT2D eigenvalue weighted by atomic mass is 35.5. The van der Waals surface area contributed by atoms with E-state index in [0.29, 0.717) is 29.5 Å². The Hall–Kier alpha value is -2.14. The molecule has 0 bridgehead atoms. The van der Waals surface area contributed by atoms with Gasteiger partial charge in [-0.1, -0.05) is 32.4 Å². The second kappa shape index (κ2) is 10.7. The highest BCUT2D eigenvalue weighted by molar-refractivity contribution is 7.92. The van der Waals surface area contributed by atoms with Crippen molar-refractivity contribution >= 4 is 48.9 Å². The molecule has 0 saturated carbocycles. The van der Waals surface area contributed by atoms with Gasteiger partial charge in [0.2, 0.25) is 26.0 Å². The molecule has 1 amide bonds. The van der Waals surface area contributed by atoms with Gasteiger partial charge in [0.25, 0.3) is 0 Å². The van der Waals surface area contributed by atoms with E-state index in [1.165, 1.54) is 40.7 Å². The van der Waals surface area contributed by atoms with Crippen LogP contribution in [0, 0.1) is 0 Å². The average Bonchev–Trinajstić information content (AvgIpc) is 2.73. The Morgan fingerprint density at radius 2 is 1.47 bits per heavy atom. The summed E-state index contributed by atoms with van der Waals surface area (Å²) in [4.78, 5) is 13.1. The predicted molar refractivity (Wildman–Crippen MR) is 128 cm³/mol. The molecular weight excluding hydrogens is 474 g/mol. The Balaban J connectivity index is 2.30. The molecule has 0 radical (unpaired) electrons. The van der Waals surface area contributed by atoms with Gasteiger partial charge in [0, 0.05) is 23.8 Å². The van der Waals surface area contributed by atoms with E-state index >= 15 is 0 Å². The van der Waals surface area contributed by atoms with Crippen LogP contribution < -0.4 is 9.62 Å². The van der Waals surface area contributed by atoms with Crippen LogP contribution in [0.5, 0.6) is 0 Å². The van der Waals surface area contributed by atoms with Crippen LogP contribution in [0.3, 0.4) is 0 Å². The van der Waals surface area contributed by atoms with Gasteiger partial charge in [0.15, 0.2) is 0 Å². The molecule has 0 spiro atoms. The number of anilines is 2. The zero-order chi connectivity index (χ0) is 24.1. The van der Waals surface area contributed by atoms with E-state index in [1.54, 1.807) is 32.9 Å². The van der Waals surface area contributed by atoms with Crippen molar-refractivity contribution in [3.8, 4) is 0 Å². The van der Waals surface area contributed by atoms with Gasteiger partial charge >= 0.3 is 0 Å². The maximum atomic E-state index is 13.0. The van der Waals surface area contributed by atoms with Crippen LogP contribution in [0.4, 0.5) is 11.4 Å². The minimum atomic E-state index is -3.78. The Bertz CT molecular complexity index is 1130. The maximum Gasteiger partial charge on any atom is 0.248 e. The number of halogens is 1. The fourth-order valence-electron chi connectivity index (χ4n) is 3.30. The van der Waals surface area contributed by atoms with Gasteiger partial charge in [0.1, 0.15) is 6.04 Å². The first-order chi connectivity index (χ1) is 14.9. The number of amides is 1. The third-order valence-corrected chi connectivity index (χ3v) is 8.37. The van der Waals surface area contributed by atoms with Crippen molar-refractivity contribution in [3.63, 3.8) is 0 Å². The van der Waals surface area contributed by atoms with E-state index in [9.17, 15) is 21.6 Å². The number of nitrogens with zero attached hydrogens (tertiary/aromatic N) is 2. The van der Waals surface area contributed by atoms with Gasteiger partial charge in [0.05, 0.1) is 16.8 Å². The summed E-state index contributed by atoms with van der Waals surface area (Å²) < 4.78 is 52.6. The summed E-state index contributed by atoms with van der Waals surface area (Å²) in [6, 6.07) is 10.9. The van der Waals surface area contributed by atoms with E-state index in [2.05, 4.69) is 5.32 Å². The smallest absolute Gasteiger partial charge is 0.248 e. The average molecular weight is 502 g/mol. The third kappa shape index (κ3) is 6.00. The summed E-state index contributed by atoms with van der Waals surface area (Å²) in [6.45, 7) is 5.92. The van der Waals surface area contributed by atoms with Crippen molar-refractivity contribution in [2.75, 3.05) is 29.0 Å². The van der Waals surface area contributed by atoms with Gasteiger partial charge in [-0.2, -0.15) is 4.31 Å². The first kappa shape index (κ1) is 26.1. The lowest BCUT2D eigenvalue weighted by molar-refractivity contribution is -0.117. The third-order valence-electron chi connectivity index (χ3n) is 4.88. The Morgan fingerprint density at radius 1 is 0.938 bits per heavy atom. The van der Waals surface area contributed by atoms with Crippen molar-refractivity contribution in [1.29, 1.82) is 0 Å². The van der Waals surface area contributed by atoms with Crippen LogP contribution in [-0.2, 0) is 24.8 Å². The molecule has 32 heavy (non-hydrogen) atoms. The van der Waals surface area contributed by atoms with Crippen molar-refractivity contribution in [2.24, 2.45) is 0 Å². The van der Waals surface area contributed by atoms with Crippen LogP contribution in [0.2, 0.25) is 5.02 Å². The number of benzene rings is 2. The number of sulfonamides is 2. The molecular formula is C21H28ClN3O5S2. The van der Waals surface area contributed by atoms with Gasteiger partial charge < -0.3 is 5.32 Å². The molecule has 0 aliphatic rings. The Kier molecular flexibility index (Phi) is 8.69. The van der Waals surface area contributed by atoms with Crippen molar-refractivity contribution in [3.05, 3.63) is 53.6 Å². The number of carbonyl (C=O) groups is 1. The summed E-state index contributed by atoms with van der Waals surface area (Å²) in [5.41, 5.74) is 0.677. The Labute approximate surface area is 195 Å². The molecule has 0 fully saturated rings. The van der Waals surface area contributed by atoms with Gasteiger partial charge in [-0.15, -0.1) is 0 Å². The number of carbonyl (C=O) groups excluding carboxylic acids is 1. The fourth-order valence-corrected chi connectivity index (χ4v) is 6.09. The van der Waals surface area contributed by atoms with Crippen LogP contribution in [0.15, 0.2) is 53.4 Å². The zero-order valence-corrected chi connectivity index (χ0v) is 20.8. The summed E-state index contributed by atoms with van der Waals surface area (Å²) in [5, 5.41) is 3.13. The highest BCUT2D eigenvalue weighted by Gasteiger charge is 2.31. The van der Waals surface area contributed by atoms with E-state index in [1.807, 2.05) is 0 Å². The van der Waals surface area contributed by atoms with E-state index in [0.717, 1.165) is 10.6 Å². The molecule has 8 nitrogen and oxygen atoms in total. The molecule has 0 aliphatic heterocycles. The first-order valence-electron chi connectivity index (χ1n) is 10.1. The molecule has 1 atom stereocenters. The Morgan fingerprint density at radius 3 is 1.91 bits per heavy atom. The molecule has 1 N–H and O–H groups in total. The van der Waals surface area contributed by atoms with E-state index < -0.39 is 32.0 Å². The van der Waals surface area contributed by atoms with E-state index in [-0.39, 0.29) is 11.3 Å². The molecule has 0 heterocycles. The summed E-state index contributed by atoms with van der Waals surface area (Å²) in [6.07, 6.45) is 1.25. The lowest BCUT2D eigenvalue weighted by Gasteiger charge is -2.30. The minimum Gasteiger partial charge on any atom is -0.324 e. The van der Waals surface area contributed by atoms with Crippen LogP contribution in [0.25, 0.3) is 0 Å². The molecule has 2 aromatic rings. The van der Waals surface area contributed by atoms with Gasteiger partial charge in [-0.25, -0.2) is 16.8 Å². The molecule has 11 heteroatoms. The fraction of sp³-hybridized carbons (Fsp3) is 0.381. The summed E-state index contributed by atoms with van der Waals surface area (Å²) >= 11 is 5.90. The lowest BCUT2D eigenvalue weighted by Crippen LogP contribution is -2.47. The van der Waals surface area contributed by atoms with Crippen molar-refractivity contribution < 1.29 is 21.6 Å². The van der Waals surface area contributed by atoms with Crippen molar-refractivity contribution in [2.45, 2.75) is 38.1 Å². The minimum absolute atomic E-state index is 0.116. The first-order valence-corrected chi connectivity index (χ1v) is 13.8. The number of rotatable bonds is 10. The van der Waals surface area contributed by atoms with Gasteiger partial charge in [-0.05, 0) is 55.0 Å². The van der Waals surface area contributed by atoms with Crippen molar-refractivity contribution in [1.82, 2.24) is 4.31 Å². The van der Waals surface area contributed by atoms with Crippen LogP contribution in [0.1, 0.15) is 27.2 Å². The zero-order valence-electron chi connectivity index (χ0n) is 18.4. The van der Waals surface area contributed by atoms with E-state index in [4.69, 9.17) is 11.6 Å². The largest absolute Gasteiger partial charge is 0.324 e. The number of nitrogens with one attached hydrogen (secondary N) is 1. The summed E-state index contributed by atoms with van der Waals surface area (Å²) in [7, 11) is -7.39. The van der Waals surface area contributed by atoms with Gasteiger partial charge in [-0.3, -0.25) is 9.10 Å². The molecule has 0 saturated heterocycles. The highest BCUT2D eigenvalue weighted by Crippen LogP contribution is 2.25.